The number of nitrogens with zero attached hydrogens (tertiary/aromatic N) is 1. The highest BCUT2D eigenvalue weighted by Crippen LogP contribution is 2.33. The molecule has 3 aromatic rings. The molecule has 0 saturated carbocycles. The number of rotatable bonds is 8. The molecule has 0 saturated heterocycles. The zero-order valence-corrected chi connectivity index (χ0v) is 16.3. The fourth-order valence-corrected chi connectivity index (χ4v) is 3.49. The molecule has 2 aromatic heterocycles. The minimum atomic E-state index is -1.14. The Bertz CT molecular complexity index is 1100. The SMILES string of the molecule is CCc1c(C(=O)C(N)=O)c2c(OCC(=O)O)cccn2c1Cc1ccc(C)cc1. The van der Waals surface area contributed by atoms with E-state index in [2.05, 4.69) is 0 Å². The molecule has 0 bridgehead atoms. The largest absolute Gasteiger partial charge is 0.480 e. The summed E-state index contributed by atoms with van der Waals surface area (Å²) in [5.41, 5.74) is 9.53. The number of carbonyl (C=O) groups excluding carboxylic acids is 2. The lowest BCUT2D eigenvalue weighted by Gasteiger charge is -2.09. The number of pyridine rings is 1. The minimum Gasteiger partial charge on any atom is -0.480 e. The summed E-state index contributed by atoms with van der Waals surface area (Å²) < 4.78 is 7.19. The second-order valence-electron chi connectivity index (χ2n) is 6.78. The van der Waals surface area contributed by atoms with Gasteiger partial charge in [0.2, 0.25) is 0 Å². The van der Waals surface area contributed by atoms with Crippen LogP contribution in [0.3, 0.4) is 0 Å². The van der Waals surface area contributed by atoms with Crippen LogP contribution >= 0.6 is 0 Å². The summed E-state index contributed by atoms with van der Waals surface area (Å²) in [6.07, 6.45) is 2.79. The zero-order chi connectivity index (χ0) is 21.1. The highest BCUT2D eigenvalue weighted by atomic mass is 16.5. The van der Waals surface area contributed by atoms with Crippen molar-refractivity contribution < 1.29 is 24.2 Å². The van der Waals surface area contributed by atoms with Gasteiger partial charge in [0, 0.05) is 18.3 Å². The third kappa shape index (κ3) is 3.99. The first-order valence-corrected chi connectivity index (χ1v) is 9.22. The number of nitrogens with two attached hydrogens (primary N) is 1. The standard InChI is InChI=1S/C22H22N2O5/c1-3-15-16(11-14-8-6-13(2)7-9-14)24-10-4-5-17(29-12-18(25)26)20(24)19(15)21(27)22(23)28/h4-10H,3,11-12H2,1-2H3,(H2,23,28)(H,25,26). The second kappa shape index (κ2) is 8.18. The fraction of sp³-hybridized carbons (Fsp3) is 0.227. The number of aryl methyl sites for hydroxylation is 1. The quantitative estimate of drug-likeness (QED) is 0.450. The van der Waals surface area contributed by atoms with Gasteiger partial charge in [-0.1, -0.05) is 36.8 Å². The first-order valence-electron chi connectivity index (χ1n) is 9.22. The maximum Gasteiger partial charge on any atom is 0.341 e. The van der Waals surface area contributed by atoms with Gasteiger partial charge in [-0.3, -0.25) is 9.59 Å². The van der Waals surface area contributed by atoms with Gasteiger partial charge in [0.05, 0.1) is 11.1 Å². The molecule has 0 radical (unpaired) electrons. The number of ketones is 1. The molecule has 29 heavy (non-hydrogen) atoms. The van der Waals surface area contributed by atoms with Crippen molar-refractivity contribution in [1.82, 2.24) is 4.40 Å². The van der Waals surface area contributed by atoms with Crippen molar-refractivity contribution >= 4 is 23.2 Å². The van der Waals surface area contributed by atoms with Gasteiger partial charge in [0.15, 0.2) is 6.61 Å². The van der Waals surface area contributed by atoms with Gasteiger partial charge >= 0.3 is 5.97 Å². The summed E-state index contributed by atoms with van der Waals surface area (Å²) in [7, 11) is 0. The molecule has 0 atom stereocenters. The van der Waals surface area contributed by atoms with Crippen molar-refractivity contribution in [2.75, 3.05) is 6.61 Å². The number of hydrogen-bond donors (Lipinski definition) is 2. The molecular formula is C22H22N2O5. The van der Waals surface area contributed by atoms with E-state index in [0.29, 0.717) is 23.9 Å². The van der Waals surface area contributed by atoms with Crippen LogP contribution in [0.5, 0.6) is 5.75 Å². The molecule has 1 aromatic carbocycles. The molecule has 1 amide bonds. The van der Waals surface area contributed by atoms with Gasteiger partial charge in [-0.2, -0.15) is 0 Å². The van der Waals surface area contributed by atoms with E-state index in [1.165, 1.54) is 0 Å². The maximum absolute atomic E-state index is 12.7. The molecule has 7 nitrogen and oxygen atoms in total. The van der Waals surface area contributed by atoms with Crippen molar-refractivity contribution in [1.29, 1.82) is 0 Å². The predicted octanol–water partition coefficient (Wildman–Crippen LogP) is 2.53. The summed E-state index contributed by atoms with van der Waals surface area (Å²) in [6, 6.07) is 11.3. The van der Waals surface area contributed by atoms with Crippen molar-refractivity contribution in [2.45, 2.75) is 26.7 Å². The zero-order valence-electron chi connectivity index (χ0n) is 16.3. The van der Waals surface area contributed by atoms with E-state index in [1.54, 1.807) is 22.7 Å². The van der Waals surface area contributed by atoms with Crippen molar-refractivity contribution in [2.24, 2.45) is 5.73 Å². The van der Waals surface area contributed by atoms with E-state index in [1.807, 2.05) is 38.1 Å². The lowest BCUT2D eigenvalue weighted by molar-refractivity contribution is -0.139. The predicted molar refractivity (Wildman–Crippen MR) is 107 cm³/mol. The van der Waals surface area contributed by atoms with E-state index >= 15 is 0 Å². The Kier molecular flexibility index (Phi) is 5.68. The van der Waals surface area contributed by atoms with Crippen molar-refractivity contribution in [3.63, 3.8) is 0 Å². The van der Waals surface area contributed by atoms with Gasteiger partial charge in [0.25, 0.3) is 11.7 Å². The van der Waals surface area contributed by atoms with Crippen LogP contribution in [0, 0.1) is 6.92 Å². The number of aliphatic carboxylic acids is 1. The number of carboxylic acids is 1. The molecule has 0 unspecified atom stereocenters. The van der Waals surface area contributed by atoms with Crippen LogP contribution in [-0.2, 0) is 22.4 Å². The van der Waals surface area contributed by atoms with Crippen molar-refractivity contribution in [3.05, 3.63) is 70.5 Å². The molecule has 150 valence electrons. The summed E-state index contributed by atoms with van der Waals surface area (Å²) >= 11 is 0. The van der Waals surface area contributed by atoms with Gasteiger partial charge in [0.1, 0.15) is 5.75 Å². The molecule has 0 fully saturated rings. The van der Waals surface area contributed by atoms with E-state index < -0.39 is 24.3 Å². The minimum absolute atomic E-state index is 0.170. The average molecular weight is 394 g/mol. The van der Waals surface area contributed by atoms with E-state index in [9.17, 15) is 14.4 Å². The van der Waals surface area contributed by atoms with Crippen LogP contribution < -0.4 is 10.5 Å². The molecule has 0 aliphatic rings. The molecule has 0 aliphatic carbocycles. The summed E-state index contributed by atoms with van der Waals surface area (Å²) in [6.45, 7) is 3.33. The van der Waals surface area contributed by atoms with Gasteiger partial charge in [-0.05, 0) is 36.6 Å². The number of aromatic nitrogens is 1. The number of benzene rings is 1. The molecular weight excluding hydrogens is 372 g/mol. The molecule has 3 N–H and O–H groups in total. The number of primary amides is 1. The molecule has 0 spiro atoms. The van der Waals surface area contributed by atoms with E-state index in [0.717, 1.165) is 16.8 Å². The molecule has 7 heteroatoms. The number of ether oxygens (including phenoxy) is 1. The molecule has 3 rings (SSSR count). The van der Waals surface area contributed by atoms with Gasteiger partial charge in [-0.15, -0.1) is 0 Å². The number of hydrogen-bond acceptors (Lipinski definition) is 4. The third-order valence-corrected chi connectivity index (χ3v) is 4.78. The van der Waals surface area contributed by atoms with E-state index in [4.69, 9.17) is 15.6 Å². The number of fused-ring (bicyclic) bond motifs is 1. The Morgan fingerprint density at radius 1 is 1.14 bits per heavy atom. The van der Waals surface area contributed by atoms with Crippen molar-refractivity contribution in [3.8, 4) is 5.75 Å². The smallest absolute Gasteiger partial charge is 0.341 e. The lowest BCUT2D eigenvalue weighted by atomic mass is 9.99. The Balaban J connectivity index is 2.26. The summed E-state index contributed by atoms with van der Waals surface area (Å²) in [5, 5.41) is 8.96. The third-order valence-electron chi connectivity index (χ3n) is 4.78. The Labute approximate surface area is 167 Å². The number of Topliss-reactive ketones (excluding diaryl/α,β-unsaturated/α-hetero) is 1. The summed E-state index contributed by atoms with van der Waals surface area (Å²) in [4.78, 5) is 35.4. The highest BCUT2D eigenvalue weighted by Gasteiger charge is 2.27. The number of carboxylic acid groups (broad SMARTS) is 1. The second-order valence-corrected chi connectivity index (χ2v) is 6.78. The van der Waals surface area contributed by atoms with Crippen LogP contribution in [0.25, 0.3) is 5.52 Å². The van der Waals surface area contributed by atoms with Crippen LogP contribution in [0.1, 0.15) is 39.7 Å². The normalized spacial score (nSPS) is 10.8. The van der Waals surface area contributed by atoms with Gasteiger partial charge < -0.3 is 20.0 Å². The highest BCUT2D eigenvalue weighted by molar-refractivity contribution is 6.44. The van der Waals surface area contributed by atoms with Crippen LogP contribution in [0.4, 0.5) is 0 Å². The molecule has 0 aliphatic heterocycles. The topological polar surface area (TPSA) is 111 Å². The molecule has 2 heterocycles. The van der Waals surface area contributed by atoms with Crippen LogP contribution in [0.2, 0.25) is 0 Å². The first-order chi connectivity index (χ1) is 13.8. The average Bonchev–Trinajstić information content (AvgIpc) is 3.01. The van der Waals surface area contributed by atoms with Gasteiger partial charge in [-0.25, -0.2) is 4.79 Å². The Hall–Kier alpha value is -3.61. The number of carbonyl (C=O) groups is 3. The Morgan fingerprint density at radius 3 is 2.41 bits per heavy atom. The van der Waals surface area contributed by atoms with Crippen LogP contribution in [0.15, 0.2) is 42.6 Å². The first kappa shape index (κ1) is 20.1. The lowest BCUT2D eigenvalue weighted by Crippen LogP contribution is -2.24. The Morgan fingerprint density at radius 2 is 1.83 bits per heavy atom. The van der Waals surface area contributed by atoms with Crippen LogP contribution in [-0.4, -0.2) is 33.8 Å². The summed E-state index contributed by atoms with van der Waals surface area (Å²) in [5.74, 6) is -2.82. The van der Waals surface area contributed by atoms with E-state index in [-0.39, 0.29) is 11.3 Å². The maximum atomic E-state index is 12.7. The number of amides is 1. The fourth-order valence-electron chi connectivity index (χ4n) is 3.49. The monoisotopic (exact) mass is 394 g/mol.